The van der Waals surface area contributed by atoms with Crippen molar-refractivity contribution >= 4 is 44.5 Å². The highest BCUT2D eigenvalue weighted by molar-refractivity contribution is 14.1. The Morgan fingerprint density at radius 2 is 2.00 bits per heavy atom. The van der Waals surface area contributed by atoms with Crippen molar-refractivity contribution in [2.75, 3.05) is 21.1 Å². The molecule has 1 atom stereocenters. The Morgan fingerprint density at radius 1 is 1.44 bits per heavy atom. The molecule has 1 aromatic carbocycles. The van der Waals surface area contributed by atoms with E-state index >= 15 is 0 Å². The Kier molecular flexibility index (Phi) is 5.02. The number of phenolic OH excluding ortho intramolecular Hbond substituents is 1. The molecule has 0 saturated carbocycles. The average molecular weight is 429 g/mol. The van der Waals surface area contributed by atoms with Crippen LogP contribution in [0.25, 0.3) is 0 Å². The molecule has 0 heterocycles. The Hall–Kier alpha value is -0.340. The lowest BCUT2D eigenvalue weighted by atomic mass is 10.0. The van der Waals surface area contributed by atoms with Crippen LogP contribution in [0, 0.1) is 3.57 Å². The third-order valence-corrected chi connectivity index (χ3v) is 4.15. The fourth-order valence-corrected chi connectivity index (χ4v) is 3.22. The van der Waals surface area contributed by atoms with E-state index < -0.39 is 12.0 Å². The number of hydrogen-bond acceptors (Lipinski definition) is 2. The Labute approximate surface area is 128 Å². The minimum atomic E-state index is -0.818. The van der Waals surface area contributed by atoms with Gasteiger partial charge in [-0.1, -0.05) is 0 Å². The van der Waals surface area contributed by atoms with E-state index in [0.717, 1.165) is 5.56 Å². The van der Waals surface area contributed by atoms with E-state index in [1.807, 2.05) is 49.8 Å². The third kappa shape index (κ3) is 3.83. The van der Waals surface area contributed by atoms with Crippen LogP contribution < -0.4 is 0 Å². The quantitative estimate of drug-likeness (QED) is 0.572. The van der Waals surface area contributed by atoms with Gasteiger partial charge in [0.2, 0.25) is 0 Å². The first kappa shape index (κ1) is 15.7. The molecule has 1 aromatic rings. The minimum absolute atomic E-state index is 0.191. The van der Waals surface area contributed by atoms with E-state index in [-0.39, 0.29) is 5.75 Å². The van der Waals surface area contributed by atoms with Crippen LogP contribution in [0.5, 0.6) is 5.75 Å². The monoisotopic (exact) mass is 428 g/mol. The molecule has 0 amide bonds. The number of nitrogens with zero attached hydrogens (tertiary/aromatic N) is 1. The lowest BCUT2D eigenvalue weighted by Crippen LogP contribution is -2.51. The molecule has 0 aliphatic carbocycles. The van der Waals surface area contributed by atoms with Crippen molar-refractivity contribution in [3.05, 3.63) is 25.7 Å². The van der Waals surface area contributed by atoms with Crippen LogP contribution in [-0.2, 0) is 11.2 Å². The number of likely N-dealkylation sites (N-methyl/N-ethyl adjacent to an activating group) is 1. The van der Waals surface area contributed by atoms with Crippen molar-refractivity contribution in [1.82, 2.24) is 0 Å². The van der Waals surface area contributed by atoms with E-state index in [0.29, 0.717) is 18.9 Å². The summed E-state index contributed by atoms with van der Waals surface area (Å²) < 4.78 is 1.65. The van der Waals surface area contributed by atoms with Gasteiger partial charge in [-0.2, -0.15) is 0 Å². The second-order valence-corrected chi connectivity index (χ2v) is 7.10. The standard InChI is InChI=1S/C12H15BrINO3/c1-15(2,3)10(12(17)18)6-7-4-8(13)11(16)9(14)5-7/h4-5,10H,6H2,1-3H3,(H-,16,17,18)/p+1/t10-/m1/s1. The number of aliphatic carboxylic acids is 1. The molecule has 0 spiro atoms. The number of carboxylic acid groups (broad SMARTS) is 1. The molecule has 2 N–H and O–H groups in total. The van der Waals surface area contributed by atoms with Crippen LogP contribution in [0.4, 0.5) is 0 Å². The molecule has 0 aliphatic heterocycles. The van der Waals surface area contributed by atoms with Gasteiger partial charge in [-0.3, -0.25) is 0 Å². The van der Waals surface area contributed by atoms with Gasteiger partial charge in [-0.25, -0.2) is 4.79 Å². The minimum Gasteiger partial charge on any atom is -0.506 e. The second-order valence-electron chi connectivity index (χ2n) is 5.08. The summed E-state index contributed by atoms with van der Waals surface area (Å²) in [7, 11) is 5.58. The molecule has 0 radical (unpaired) electrons. The highest BCUT2D eigenvalue weighted by atomic mass is 127. The van der Waals surface area contributed by atoms with Gasteiger partial charge >= 0.3 is 5.97 Å². The normalized spacial score (nSPS) is 13.4. The summed E-state index contributed by atoms with van der Waals surface area (Å²) in [6.45, 7) is 0. The van der Waals surface area contributed by atoms with Crippen molar-refractivity contribution in [2.45, 2.75) is 12.5 Å². The van der Waals surface area contributed by atoms with E-state index in [2.05, 4.69) is 15.9 Å². The Morgan fingerprint density at radius 3 is 2.39 bits per heavy atom. The number of rotatable bonds is 4. The molecule has 18 heavy (non-hydrogen) atoms. The van der Waals surface area contributed by atoms with E-state index in [4.69, 9.17) is 0 Å². The molecular weight excluding hydrogens is 413 g/mol. The average Bonchev–Trinajstić information content (AvgIpc) is 2.20. The van der Waals surface area contributed by atoms with Crippen molar-refractivity contribution in [3.63, 3.8) is 0 Å². The maximum Gasteiger partial charge on any atom is 0.362 e. The van der Waals surface area contributed by atoms with Gasteiger partial charge in [0.1, 0.15) is 5.75 Å². The van der Waals surface area contributed by atoms with Crippen LogP contribution in [-0.4, -0.2) is 47.9 Å². The molecule has 1 rings (SSSR count). The van der Waals surface area contributed by atoms with Gasteiger partial charge in [-0.15, -0.1) is 0 Å². The first-order valence-electron chi connectivity index (χ1n) is 5.33. The predicted octanol–water partition coefficient (Wildman–Crippen LogP) is 2.46. The second kappa shape index (κ2) is 5.75. The number of benzene rings is 1. The topological polar surface area (TPSA) is 57.5 Å². The molecule has 0 saturated heterocycles. The number of aromatic hydroxyl groups is 1. The van der Waals surface area contributed by atoms with Gasteiger partial charge in [-0.05, 0) is 56.2 Å². The smallest absolute Gasteiger partial charge is 0.362 e. The Bertz CT molecular complexity index is 448. The molecule has 6 heteroatoms. The van der Waals surface area contributed by atoms with E-state index in [9.17, 15) is 15.0 Å². The lowest BCUT2D eigenvalue weighted by molar-refractivity contribution is -0.887. The van der Waals surface area contributed by atoms with E-state index in [1.54, 1.807) is 6.07 Å². The zero-order valence-electron chi connectivity index (χ0n) is 10.4. The van der Waals surface area contributed by atoms with Crippen LogP contribution in [0.3, 0.4) is 0 Å². The summed E-state index contributed by atoms with van der Waals surface area (Å²) in [5, 5.41) is 18.9. The molecule has 4 nitrogen and oxygen atoms in total. The maximum absolute atomic E-state index is 11.3. The summed E-state index contributed by atoms with van der Waals surface area (Å²) in [4.78, 5) is 11.3. The molecule has 0 aromatic heterocycles. The fraction of sp³-hybridized carbons (Fsp3) is 0.417. The maximum atomic E-state index is 11.3. The SMILES string of the molecule is C[N+](C)(C)[C@H](Cc1cc(Br)c(O)c(I)c1)C(=O)O. The zero-order chi connectivity index (χ0) is 14.1. The summed E-state index contributed by atoms with van der Waals surface area (Å²) in [5.41, 5.74) is 0.893. The number of carboxylic acids is 1. The van der Waals surface area contributed by atoms with Crippen LogP contribution in [0.1, 0.15) is 5.56 Å². The number of carbonyl (C=O) groups is 1. The first-order valence-corrected chi connectivity index (χ1v) is 7.21. The lowest BCUT2D eigenvalue weighted by Gasteiger charge is -2.31. The molecule has 0 aliphatic rings. The van der Waals surface area contributed by atoms with Gasteiger partial charge in [0.05, 0.1) is 29.2 Å². The van der Waals surface area contributed by atoms with Crippen molar-refractivity contribution in [3.8, 4) is 5.75 Å². The van der Waals surface area contributed by atoms with E-state index in [1.165, 1.54) is 0 Å². The molecule has 100 valence electrons. The third-order valence-electron chi connectivity index (χ3n) is 2.73. The highest BCUT2D eigenvalue weighted by Crippen LogP contribution is 2.31. The van der Waals surface area contributed by atoms with Crippen LogP contribution in [0.15, 0.2) is 16.6 Å². The van der Waals surface area contributed by atoms with Gasteiger partial charge < -0.3 is 14.7 Å². The van der Waals surface area contributed by atoms with Gasteiger partial charge in [0.15, 0.2) is 6.04 Å². The largest absolute Gasteiger partial charge is 0.506 e. The highest BCUT2D eigenvalue weighted by Gasteiger charge is 2.31. The molecular formula is C12H16BrINO3+. The Balaban J connectivity index is 3.06. The summed E-state index contributed by atoms with van der Waals surface area (Å²) >= 11 is 5.30. The molecule has 0 bridgehead atoms. The first-order chi connectivity index (χ1) is 8.12. The van der Waals surface area contributed by atoms with Crippen molar-refractivity contribution in [1.29, 1.82) is 0 Å². The predicted molar refractivity (Wildman–Crippen MR) is 81.7 cm³/mol. The summed E-state index contributed by atoms with van der Waals surface area (Å²) in [6, 6.07) is 3.06. The van der Waals surface area contributed by atoms with Crippen molar-refractivity contribution in [2.24, 2.45) is 0 Å². The fourth-order valence-electron chi connectivity index (χ4n) is 1.65. The number of quaternary nitrogens is 1. The zero-order valence-corrected chi connectivity index (χ0v) is 14.2. The summed E-state index contributed by atoms with van der Waals surface area (Å²) in [6.07, 6.45) is 0.424. The van der Waals surface area contributed by atoms with Gasteiger partial charge in [0, 0.05) is 6.42 Å². The van der Waals surface area contributed by atoms with Gasteiger partial charge in [0.25, 0.3) is 0 Å². The number of phenols is 1. The molecule has 0 fully saturated rings. The van der Waals surface area contributed by atoms with Crippen LogP contribution in [0.2, 0.25) is 0 Å². The molecule has 0 unspecified atom stereocenters. The number of hydrogen-bond donors (Lipinski definition) is 2. The van der Waals surface area contributed by atoms with Crippen molar-refractivity contribution < 1.29 is 19.5 Å². The number of halogens is 2. The van der Waals surface area contributed by atoms with Crippen LogP contribution >= 0.6 is 38.5 Å². The summed E-state index contributed by atoms with van der Waals surface area (Å²) in [5.74, 6) is -0.627.